The van der Waals surface area contributed by atoms with Crippen molar-refractivity contribution in [2.24, 2.45) is 21.7 Å². The Morgan fingerprint density at radius 1 is 1.22 bits per heavy atom. The summed E-state index contributed by atoms with van der Waals surface area (Å²) in [5, 5.41) is 16.7. The van der Waals surface area contributed by atoms with Gasteiger partial charge in [-0.15, -0.1) is 24.0 Å². The minimum absolute atomic E-state index is 0. The molecule has 4 unspecified atom stereocenters. The molecule has 0 radical (unpaired) electrons. The molecule has 156 valence electrons. The van der Waals surface area contributed by atoms with E-state index in [1.54, 1.807) is 0 Å². The van der Waals surface area contributed by atoms with Crippen LogP contribution in [0.15, 0.2) is 4.99 Å². The van der Waals surface area contributed by atoms with Crippen LogP contribution in [0.25, 0.3) is 0 Å². The molecule has 0 aromatic rings. The number of rotatable bonds is 6. The number of aliphatic hydroxyl groups is 1. The third kappa shape index (κ3) is 3.98. The molecule has 1 spiro atoms. The highest BCUT2D eigenvalue weighted by Gasteiger charge is 2.65. The van der Waals surface area contributed by atoms with Crippen LogP contribution in [0.4, 0.5) is 0 Å². The van der Waals surface area contributed by atoms with E-state index in [1.165, 1.54) is 32.1 Å². The van der Waals surface area contributed by atoms with Crippen LogP contribution in [0.5, 0.6) is 0 Å². The molecule has 4 fully saturated rings. The summed E-state index contributed by atoms with van der Waals surface area (Å²) >= 11 is 0. The zero-order chi connectivity index (χ0) is 18.0. The quantitative estimate of drug-likeness (QED) is 0.301. The maximum absolute atomic E-state index is 9.45. The molecule has 4 aliphatic rings. The van der Waals surface area contributed by atoms with Gasteiger partial charge in [-0.2, -0.15) is 0 Å². The van der Waals surface area contributed by atoms with Gasteiger partial charge in [0.1, 0.15) is 0 Å². The molecule has 6 nitrogen and oxygen atoms in total. The lowest BCUT2D eigenvalue weighted by Gasteiger charge is -2.57. The fraction of sp³-hybridized carbons (Fsp3) is 0.950. The normalized spacial score (nSPS) is 37.0. The van der Waals surface area contributed by atoms with E-state index in [2.05, 4.69) is 17.6 Å². The van der Waals surface area contributed by atoms with Crippen molar-refractivity contribution in [1.29, 1.82) is 0 Å². The standard InChI is InChI=1S/C20H35N3O3.HI/c1-2-21-18(22-13-19(8-10-24)9-12-25-14-19)23-16-15-5-11-26-17(15)20(16)6-3-4-7-20;/h15-17,24H,2-14H2,1H3,(H2,21,22,23);1H. The van der Waals surface area contributed by atoms with Crippen molar-refractivity contribution in [3.8, 4) is 0 Å². The Labute approximate surface area is 180 Å². The molecule has 2 saturated heterocycles. The van der Waals surface area contributed by atoms with E-state index in [-0.39, 0.29) is 36.0 Å². The molecule has 2 saturated carbocycles. The second-order valence-corrected chi connectivity index (χ2v) is 8.78. The number of nitrogens with zero attached hydrogens (tertiary/aromatic N) is 1. The predicted molar refractivity (Wildman–Crippen MR) is 117 cm³/mol. The number of hydrogen-bond acceptors (Lipinski definition) is 4. The van der Waals surface area contributed by atoms with Gasteiger partial charge < -0.3 is 25.2 Å². The van der Waals surface area contributed by atoms with Gasteiger partial charge in [-0.25, -0.2) is 0 Å². The molecule has 2 aliphatic heterocycles. The maximum Gasteiger partial charge on any atom is 0.191 e. The number of halogens is 1. The van der Waals surface area contributed by atoms with Crippen molar-refractivity contribution < 1.29 is 14.6 Å². The molecule has 3 N–H and O–H groups in total. The third-order valence-electron chi connectivity index (χ3n) is 7.32. The summed E-state index contributed by atoms with van der Waals surface area (Å²) in [6.45, 7) is 6.31. The molecule has 0 amide bonds. The monoisotopic (exact) mass is 493 g/mol. The van der Waals surface area contributed by atoms with Gasteiger partial charge in [-0.3, -0.25) is 4.99 Å². The van der Waals surface area contributed by atoms with E-state index in [9.17, 15) is 5.11 Å². The van der Waals surface area contributed by atoms with Gasteiger partial charge in [0.25, 0.3) is 0 Å². The molecule has 7 heteroatoms. The largest absolute Gasteiger partial charge is 0.396 e. The summed E-state index contributed by atoms with van der Waals surface area (Å²) < 4.78 is 11.7. The zero-order valence-electron chi connectivity index (χ0n) is 16.5. The summed E-state index contributed by atoms with van der Waals surface area (Å²) in [5.74, 6) is 1.57. The van der Waals surface area contributed by atoms with E-state index in [0.29, 0.717) is 36.6 Å². The number of nitrogens with one attached hydrogen (secondary N) is 2. The summed E-state index contributed by atoms with van der Waals surface area (Å²) in [6, 6.07) is 0.490. The number of ether oxygens (including phenoxy) is 2. The van der Waals surface area contributed by atoms with Crippen LogP contribution in [0.3, 0.4) is 0 Å². The number of aliphatic imine (C=N–C) groups is 1. The predicted octanol–water partition coefficient (Wildman–Crippen LogP) is 2.30. The topological polar surface area (TPSA) is 75.1 Å². The van der Waals surface area contributed by atoms with Crippen molar-refractivity contribution >= 4 is 29.9 Å². The van der Waals surface area contributed by atoms with Gasteiger partial charge >= 0.3 is 0 Å². The van der Waals surface area contributed by atoms with Crippen molar-refractivity contribution in [3.63, 3.8) is 0 Å². The first-order valence-electron chi connectivity index (χ1n) is 10.6. The van der Waals surface area contributed by atoms with Crippen LogP contribution < -0.4 is 10.6 Å². The molecule has 4 atom stereocenters. The Hall–Kier alpha value is -0.120. The fourth-order valence-corrected chi connectivity index (χ4v) is 5.91. The lowest BCUT2D eigenvalue weighted by Crippen LogP contribution is -2.69. The Balaban J connectivity index is 0.00000210. The smallest absolute Gasteiger partial charge is 0.191 e. The Morgan fingerprint density at radius 3 is 2.70 bits per heavy atom. The van der Waals surface area contributed by atoms with Crippen LogP contribution in [0.1, 0.15) is 51.9 Å². The van der Waals surface area contributed by atoms with E-state index < -0.39 is 0 Å². The molecule has 2 aliphatic carbocycles. The number of hydrogen-bond donors (Lipinski definition) is 3. The van der Waals surface area contributed by atoms with E-state index in [1.807, 2.05) is 0 Å². The van der Waals surface area contributed by atoms with Crippen LogP contribution in [0.2, 0.25) is 0 Å². The number of fused-ring (bicyclic) bond motifs is 2. The van der Waals surface area contributed by atoms with E-state index in [4.69, 9.17) is 14.5 Å². The lowest BCUT2D eigenvalue weighted by molar-refractivity contribution is -0.125. The van der Waals surface area contributed by atoms with Crippen LogP contribution >= 0.6 is 24.0 Å². The molecule has 4 rings (SSSR count). The minimum atomic E-state index is 0. The summed E-state index contributed by atoms with van der Waals surface area (Å²) in [6.07, 6.45) is 8.62. The fourth-order valence-electron chi connectivity index (χ4n) is 5.91. The first kappa shape index (κ1) is 21.6. The molecular formula is C20H36IN3O3. The Bertz CT molecular complexity index is 519. The van der Waals surface area contributed by atoms with Gasteiger partial charge in [-0.05, 0) is 39.0 Å². The van der Waals surface area contributed by atoms with Crippen molar-refractivity contribution in [1.82, 2.24) is 10.6 Å². The van der Waals surface area contributed by atoms with Gasteiger partial charge in [0, 0.05) is 49.2 Å². The zero-order valence-corrected chi connectivity index (χ0v) is 18.9. The van der Waals surface area contributed by atoms with E-state index in [0.717, 1.165) is 38.6 Å². The van der Waals surface area contributed by atoms with Gasteiger partial charge in [-0.1, -0.05) is 12.8 Å². The average molecular weight is 493 g/mol. The first-order valence-corrected chi connectivity index (χ1v) is 10.6. The molecule has 0 bridgehead atoms. The van der Waals surface area contributed by atoms with Gasteiger partial charge in [0.05, 0.1) is 19.3 Å². The number of aliphatic hydroxyl groups excluding tert-OH is 1. The summed E-state index contributed by atoms with van der Waals surface area (Å²) in [5.41, 5.74) is 0.331. The van der Waals surface area contributed by atoms with Gasteiger partial charge in [0.15, 0.2) is 5.96 Å². The van der Waals surface area contributed by atoms with Crippen molar-refractivity contribution in [2.45, 2.75) is 64.0 Å². The summed E-state index contributed by atoms with van der Waals surface area (Å²) in [4.78, 5) is 4.94. The minimum Gasteiger partial charge on any atom is -0.396 e. The van der Waals surface area contributed by atoms with Gasteiger partial charge in [0.2, 0.25) is 0 Å². The Kier molecular flexibility index (Phi) is 7.30. The highest BCUT2D eigenvalue weighted by Crippen LogP contribution is 2.60. The second-order valence-electron chi connectivity index (χ2n) is 8.78. The van der Waals surface area contributed by atoms with E-state index >= 15 is 0 Å². The van der Waals surface area contributed by atoms with Crippen LogP contribution in [-0.4, -0.2) is 62.7 Å². The molecule has 27 heavy (non-hydrogen) atoms. The molecule has 2 heterocycles. The first-order chi connectivity index (χ1) is 12.7. The Morgan fingerprint density at radius 2 is 2.04 bits per heavy atom. The second kappa shape index (κ2) is 9.13. The molecule has 0 aromatic heterocycles. The third-order valence-corrected chi connectivity index (χ3v) is 7.32. The van der Waals surface area contributed by atoms with Crippen molar-refractivity contribution in [3.05, 3.63) is 0 Å². The highest BCUT2D eigenvalue weighted by atomic mass is 127. The number of guanidine groups is 1. The van der Waals surface area contributed by atoms with Crippen molar-refractivity contribution in [2.75, 3.05) is 39.5 Å². The highest BCUT2D eigenvalue weighted by molar-refractivity contribution is 14.0. The molecular weight excluding hydrogens is 457 g/mol. The maximum atomic E-state index is 9.45. The van der Waals surface area contributed by atoms with Crippen LogP contribution in [0, 0.1) is 16.7 Å². The van der Waals surface area contributed by atoms with Crippen LogP contribution in [-0.2, 0) is 9.47 Å². The SMILES string of the molecule is CCNC(=NCC1(CCO)CCOC1)NC1C2CCOC2C12CCCC2.I. The summed E-state index contributed by atoms with van der Waals surface area (Å²) in [7, 11) is 0. The lowest BCUT2D eigenvalue weighted by atomic mass is 9.54. The molecule has 0 aromatic carbocycles. The average Bonchev–Trinajstić information content (AvgIpc) is 3.37.